The summed E-state index contributed by atoms with van der Waals surface area (Å²) in [7, 11) is -8.14. The summed E-state index contributed by atoms with van der Waals surface area (Å²) in [5.74, 6) is 0.569. The molecule has 2 atom stereocenters. The van der Waals surface area contributed by atoms with Gasteiger partial charge in [0.15, 0.2) is 0 Å². The van der Waals surface area contributed by atoms with Gasteiger partial charge in [-0.05, 0) is 117 Å². The van der Waals surface area contributed by atoms with Gasteiger partial charge in [0.25, 0.3) is 0 Å². The number of benzene rings is 4. The third kappa shape index (κ3) is 10.5. The highest BCUT2D eigenvalue weighted by Gasteiger charge is 2.24. The van der Waals surface area contributed by atoms with E-state index in [0.29, 0.717) is 35.6 Å². The van der Waals surface area contributed by atoms with E-state index in [1.165, 1.54) is 24.3 Å². The second-order valence-electron chi connectivity index (χ2n) is 13.2. The molecule has 276 valence electrons. The third-order valence-electron chi connectivity index (χ3n) is 8.82. The number of amides is 4. The van der Waals surface area contributed by atoms with Crippen molar-refractivity contribution in [1.29, 1.82) is 0 Å². The Kier molecular flexibility index (Phi) is 12.1. The Labute approximate surface area is 305 Å². The summed E-state index contributed by atoms with van der Waals surface area (Å²) < 4.78 is 62.4. The van der Waals surface area contributed by atoms with Crippen LogP contribution in [0, 0.1) is 39.5 Å². The lowest BCUT2D eigenvalue weighted by molar-refractivity contribution is 0.230. The molecule has 14 heteroatoms. The molecule has 0 aliphatic heterocycles. The maximum atomic E-state index is 12.9. The van der Waals surface area contributed by atoms with Crippen LogP contribution in [0.2, 0.25) is 0 Å². The van der Waals surface area contributed by atoms with E-state index in [2.05, 4.69) is 21.3 Å². The Hall–Kier alpha value is -5.08. The van der Waals surface area contributed by atoms with E-state index in [1.54, 1.807) is 76.2 Å². The van der Waals surface area contributed by atoms with Crippen LogP contribution >= 0.6 is 0 Å². The first kappa shape index (κ1) is 38.2. The molecule has 0 bridgehead atoms. The van der Waals surface area contributed by atoms with Crippen molar-refractivity contribution in [3.63, 3.8) is 0 Å². The zero-order valence-corrected chi connectivity index (χ0v) is 31.2. The number of nitrogens with one attached hydrogen (secondary N) is 4. The zero-order valence-electron chi connectivity index (χ0n) is 29.6. The van der Waals surface area contributed by atoms with Gasteiger partial charge in [0.2, 0.25) is 0 Å². The second-order valence-corrected chi connectivity index (χ2v) is 16.3. The number of hydrogen-bond acceptors (Lipinski definition) is 8. The van der Waals surface area contributed by atoms with Gasteiger partial charge in [-0.25, -0.2) is 9.59 Å². The van der Waals surface area contributed by atoms with E-state index < -0.39 is 32.3 Å². The average molecular weight is 749 g/mol. The van der Waals surface area contributed by atoms with E-state index in [-0.39, 0.29) is 33.1 Å². The first-order valence-electron chi connectivity index (χ1n) is 17.0. The van der Waals surface area contributed by atoms with Crippen LogP contribution in [-0.4, -0.2) is 42.0 Å². The van der Waals surface area contributed by atoms with Gasteiger partial charge in [0, 0.05) is 36.6 Å². The Bertz CT molecular complexity index is 2000. The van der Waals surface area contributed by atoms with Gasteiger partial charge in [-0.2, -0.15) is 16.8 Å². The molecule has 0 heterocycles. The number of urea groups is 2. The highest BCUT2D eigenvalue weighted by molar-refractivity contribution is 7.87. The van der Waals surface area contributed by atoms with Gasteiger partial charge in [-0.3, -0.25) is 0 Å². The van der Waals surface area contributed by atoms with Crippen LogP contribution in [0.1, 0.15) is 47.9 Å². The van der Waals surface area contributed by atoms with E-state index >= 15 is 0 Å². The molecule has 0 aromatic heterocycles. The molecule has 0 spiro atoms. The topological polar surface area (TPSA) is 169 Å². The SMILES string of the molecule is Cc1ccc(C)c(S(=O)(=O)Oc2cccc(NC(=O)NCC3CCCC(CNC(=O)Nc4cccc(OS(=O)(=O)c5cc(C)ccc5C)c4)C3)c2)c1. The quantitative estimate of drug-likeness (QED) is 0.110. The number of anilines is 2. The molecule has 52 heavy (non-hydrogen) atoms. The van der Waals surface area contributed by atoms with Crippen LogP contribution < -0.4 is 29.6 Å². The summed E-state index contributed by atoms with van der Waals surface area (Å²) in [5, 5.41) is 11.3. The Morgan fingerprint density at radius 3 is 1.46 bits per heavy atom. The number of hydrogen-bond donors (Lipinski definition) is 4. The number of aryl methyl sites for hydroxylation is 4. The standard InChI is InChI=1S/C38H44N4O8S2/c1-25-14-16-27(3)35(18-25)51(45,46)49-33-12-6-10-31(21-33)41-37(43)39-23-29-8-5-9-30(20-29)24-40-38(44)42-32-11-7-13-34(22-32)50-52(47,48)36-19-26(2)15-17-28(36)4/h6-7,10-19,21-22,29-30H,5,8-9,20,23-24H2,1-4H3,(H2,39,41,43)(H2,40,42,44). The Morgan fingerprint density at radius 2 is 1.04 bits per heavy atom. The molecule has 4 aromatic carbocycles. The average Bonchev–Trinajstić information content (AvgIpc) is 3.08. The molecular formula is C38H44N4O8S2. The first-order chi connectivity index (χ1) is 24.7. The van der Waals surface area contributed by atoms with Crippen LogP contribution in [0.4, 0.5) is 21.0 Å². The maximum Gasteiger partial charge on any atom is 0.339 e. The summed E-state index contributed by atoms with van der Waals surface area (Å²) in [5.41, 5.74) is 3.48. The fourth-order valence-electron chi connectivity index (χ4n) is 6.15. The molecule has 4 amide bonds. The smallest absolute Gasteiger partial charge is 0.339 e. The zero-order chi connectivity index (χ0) is 37.5. The highest BCUT2D eigenvalue weighted by atomic mass is 32.2. The fourth-order valence-corrected chi connectivity index (χ4v) is 8.62. The molecule has 12 nitrogen and oxygen atoms in total. The summed E-state index contributed by atoms with van der Waals surface area (Å²) in [6, 6.07) is 21.8. The van der Waals surface area contributed by atoms with Crippen molar-refractivity contribution in [2.75, 3.05) is 23.7 Å². The molecule has 0 saturated heterocycles. The molecule has 5 rings (SSSR count). The van der Waals surface area contributed by atoms with Crippen molar-refractivity contribution in [3.05, 3.63) is 107 Å². The Balaban J connectivity index is 1.06. The number of rotatable bonds is 12. The van der Waals surface area contributed by atoms with Crippen LogP contribution in [0.5, 0.6) is 11.5 Å². The van der Waals surface area contributed by atoms with E-state index in [0.717, 1.165) is 36.8 Å². The van der Waals surface area contributed by atoms with Crippen molar-refractivity contribution in [3.8, 4) is 11.5 Å². The lowest BCUT2D eigenvalue weighted by Crippen LogP contribution is -2.38. The molecule has 1 saturated carbocycles. The van der Waals surface area contributed by atoms with Gasteiger partial charge >= 0.3 is 32.3 Å². The summed E-state index contributed by atoms with van der Waals surface area (Å²) in [4.78, 5) is 25.7. The van der Waals surface area contributed by atoms with Gasteiger partial charge in [0.05, 0.1) is 0 Å². The minimum atomic E-state index is -4.07. The number of carbonyl (C=O) groups is 2. The molecule has 1 aliphatic carbocycles. The van der Waals surface area contributed by atoms with Gasteiger partial charge < -0.3 is 29.6 Å². The van der Waals surface area contributed by atoms with Crippen molar-refractivity contribution >= 4 is 43.7 Å². The molecule has 4 N–H and O–H groups in total. The van der Waals surface area contributed by atoms with Gasteiger partial charge in [-0.15, -0.1) is 0 Å². The molecule has 1 aliphatic rings. The lowest BCUT2D eigenvalue weighted by atomic mass is 9.81. The monoisotopic (exact) mass is 748 g/mol. The summed E-state index contributed by atoms with van der Waals surface area (Å²) in [6.07, 6.45) is 3.62. The van der Waals surface area contributed by atoms with E-state index in [9.17, 15) is 26.4 Å². The maximum absolute atomic E-state index is 12.9. The number of carbonyl (C=O) groups excluding carboxylic acids is 2. The minimum Gasteiger partial charge on any atom is -0.379 e. The van der Waals surface area contributed by atoms with Crippen LogP contribution in [0.3, 0.4) is 0 Å². The summed E-state index contributed by atoms with van der Waals surface area (Å²) in [6.45, 7) is 7.87. The van der Waals surface area contributed by atoms with Gasteiger partial charge in [-0.1, -0.05) is 42.8 Å². The third-order valence-corrected chi connectivity index (χ3v) is 11.6. The highest BCUT2D eigenvalue weighted by Crippen LogP contribution is 2.29. The largest absolute Gasteiger partial charge is 0.379 e. The van der Waals surface area contributed by atoms with Crippen molar-refractivity contribution < 1.29 is 34.8 Å². The lowest BCUT2D eigenvalue weighted by Gasteiger charge is -2.29. The van der Waals surface area contributed by atoms with E-state index in [4.69, 9.17) is 8.37 Å². The van der Waals surface area contributed by atoms with Gasteiger partial charge in [0.1, 0.15) is 21.3 Å². The van der Waals surface area contributed by atoms with Crippen LogP contribution in [-0.2, 0) is 20.2 Å². The fraction of sp³-hybridized carbons (Fsp3) is 0.316. The van der Waals surface area contributed by atoms with Crippen LogP contribution in [0.15, 0.2) is 94.7 Å². The summed E-state index contributed by atoms with van der Waals surface area (Å²) >= 11 is 0. The van der Waals surface area contributed by atoms with Crippen molar-refractivity contribution in [1.82, 2.24) is 10.6 Å². The Morgan fingerprint density at radius 1 is 0.615 bits per heavy atom. The molecule has 0 radical (unpaired) electrons. The molecule has 4 aromatic rings. The van der Waals surface area contributed by atoms with Crippen molar-refractivity contribution in [2.24, 2.45) is 11.8 Å². The van der Waals surface area contributed by atoms with Crippen LogP contribution in [0.25, 0.3) is 0 Å². The second kappa shape index (κ2) is 16.5. The predicted octanol–water partition coefficient (Wildman–Crippen LogP) is 7.21. The molecular weight excluding hydrogens is 705 g/mol. The normalized spacial score (nSPS) is 16.0. The first-order valence-corrected chi connectivity index (χ1v) is 19.8. The van der Waals surface area contributed by atoms with E-state index in [1.807, 2.05) is 12.1 Å². The minimum absolute atomic E-state index is 0.0764. The molecule has 2 unspecified atom stereocenters. The molecule has 1 fully saturated rings. The van der Waals surface area contributed by atoms with Crippen molar-refractivity contribution in [2.45, 2.75) is 63.2 Å². The predicted molar refractivity (Wildman–Crippen MR) is 200 cm³/mol.